The van der Waals surface area contributed by atoms with Gasteiger partial charge in [0.25, 0.3) is 0 Å². The van der Waals surface area contributed by atoms with Gasteiger partial charge in [0.1, 0.15) is 0 Å². The van der Waals surface area contributed by atoms with Crippen LogP contribution in [-0.2, 0) is 9.53 Å². The largest absolute Gasteiger partial charge is 0.469 e. The number of esters is 1. The Morgan fingerprint density at radius 2 is 1.87 bits per heavy atom. The predicted molar refractivity (Wildman–Crippen MR) is 63.7 cm³/mol. The van der Waals surface area contributed by atoms with Gasteiger partial charge in [-0.15, -0.1) is 0 Å². The molecule has 0 fully saturated rings. The molecule has 0 heterocycles. The monoisotopic (exact) mass is 210 g/mol. The first kappa shape index (κ1) is 13.9. The molecule has 0 bridgehead atoms. The molecule has 0 aromatic carbocycles. The highest BCUT2D eigenvalue weighted by Gasteiger charge is 1.98. The Hall–Kier alpha value is -1.05. The molecule has 2 nitrogen and oxygen atoms in total. The summed E-state index contributed by atoms with van der Waals surface area (Å²) in [4.78, 5) is 10.8. The second-order valence-electron chi connectivity index (χ2n) is 3.48. The van der Waals surface area contributed by atoms with Crippen LogP contribution < -0.4 is 0 Å². The summed E-state index contributed by atoms with van der Waals surface area (Å²) in [5.41, 5.74) is 0. The van der Waals surface area contributed by atoms with Crippen molar-refractivity contribution in [3.05, 3.63) is 24.3 Å². The molecule has 15 heavy (non-hydrogen) atoms. The maximum absolute atomic E-state index is 10.8. The topological polar surface area (TPSA) is 26.3 Å². The van der Waals surface area contributed by atoms with E-state index in [2.05, 4.69) is 16.9 Å². The number of hydrogen-bond acceptors (Lipinski definition) is 2. The summed E-state index contributed by atoms with van der Waals surface area (Å²) in [6.45, 7) is 2.01. The van der Waals surface area contributed by atoms with E-state index in [9.17, 15) is 4.79 Å². The lowest BCUT2D eigenvalue weighted by Crippen LogP contribution is -1.98. The highest BCUT2D eigenvalue weighted by molar-refractivity contribution is 5.68. The third kappa shape index (κ3) is 10.9. The molecule has 0 aliphatic carbocycles. The predicted octanol–water partition coefficient (Wildman–Crippen LogP) is 3.63. The van der Waals surface area contributed by atoms with Crippen LogP contribution in [0, 0.1) is 0 Å². The van der Waals surface area contributed by atoms with Gasteiger partial charge < -0.3 is 4.74 Å². The van der Waals surface area contributed by atoms with E-state index < -0.39 is 0 Å². The van der Waals surface area contributed by atoms with Crippen molar-refractivity contribution in [2.45, 2.75) is 45.4 Å². The molecule has 0 unspecified atom stereocenters. The number of hydrogen-bond donors (Lipinski definition) is 0. The Morgan fingerprint density at radius 3 is 2.53 bits per heavy atom. The number of unbranched alkanes of at least 4 members (excludes halogenated alkanes) is 4. The summed E-state index contributed by atoms with van der Waals surface area (Å²) in [5.74, 6) is -0.0945. The molecule has 86 valence electrons. The van der Waals surface area contributed by atoms with Gasteiger partial charge >= 0.3 is 5.97 Å². The van der Waals surface area contributed by atoms with E-state index in [0.29, 0.717) is 6.42 Å². The molecular formula is C13H22O2. The van der Waals surface area contributed by atoms with E-state index in [0.717, 1.165) is 19.3 Å². The second kappa shape index (κ2) is 11.0. The molecule has 0 aliphatic rings. The van der Waals surface area contributed by atoms with Crippen molar-refractivity contribution in [1.29, 1.82) is 0 Å². The normalized spacial score (nSPS) is 11.3. The first-order chi connectivity index (χ1) is 7.31. The van der Waals surface area contributed by atoms with Gasteiger partial charge in [-0.2, -0.15) is 0 Å². The van der Waals surface area contributed by atoms with Crippen molar-refractivity contribution in [1.82, 2.24) is 0 Å². The third-order valence-electron chi connectivity index (χ3n) is 2.17. The third-order valence-corrected chi connectivity index (χ3v) is 2.17. The summed E-state index contributed by atoms with van der Waals surface area (Å²) < 4.78 is 4.56. The Balaban J connectivity index is 3.15. The van der Waals surface area contributed by atoms with Crippen LogP contribution in [0.1, 0.15) is 45.4 Å². The summed E-state index contributed by atoms with van der Waals surface area (Å²) in [5, 5.41) is 0. The average molecular weight is 210 g/mol. The number of carbonyl (C=O) groups is 1. The molecule has 0 aliphatic heterocycles. The first-order valence-electron chi connectivity index (χ1n) is 5.66. The van der Waals surface area contributed by atoms with Gasteiger partial charge in [-0.05, 0) is 26.2 Å². The Bertz CT molecular complexity index is 205. The van der Waals surface area contributed by atoms with E-state index >= 15 is 0 Å². The molecule has 0 amide bonds. The molecule has 0 spiro atoms. The smallest absolute Gasteiger partial charge is 0.305 e. The molecule has 0 atom stereocenters. The summed E-state index contributed by atoms with van der Waals surface area (Å²) >= 11 is 0. The van der Waals surface area contributed by atoms with Crippen molar-refractivity contribution >= 4 is 5.97 Å². The Morgan fingerprint density at radius 1 is 1.13 bits per heavy atom. The molecule has 0 aromatic heterocycles. The van der Waals surface area contributed by atoms with Crippen molar-refractivity contribution in [2.24, 2.45) is 0 Å². The van der Waals surface area contributed by atoms with Crippen molar-refractivity contribution in [3.8, 4) is 0 Å². The number of allylic oxidation sites excluding steroid dienone is 4. The summed E-state index contributed by atoms with van der Waals surface area (Å²) in [7, 11) is 1.44. The zero-order chi connectivity index (χ0) is 11.4. The zero-order valence-corrected chi connectivity index (χ0v) is 9.87. The van der Waals surface area contributed by atoms with Crippen molar-refractivity contribution in [2.75, 3.05) is 7.11 Å². The quantitative estimate of drug-likeness (QED) is 0.347. The van der Waals surface area contributed by atoms with Gasteiger partial charge in [-0.3, -0.25) is 4.79 Å². The SMILES string of the molecule is CC=CC=CCCCCCCC(=O)OC. The number of carbonyl (C=O) groups excluding carboxylic acids is 1. The van der Waals surface area contributed by atoms with Crippen LogP contribution in [-0.4, -0.2) is 13.1 Å². The Kier molecular flexibility index (Phi) is 10.3. The molecule has 0 N–H and O–H groups in total. The van der Waals surface area contributed by atoms with Crippen LogP contribution in [0.15, 0.2) is 24.3 Å². The fourth-order valence-corrected chi connectivity index (χ4v) is 1.27. The van der Waals surface area contributed by atoms with Gasteiger partial charge in [-0.25, -0.2) is 0 Å². The van der Waals surface area contributed by atoms with E-state index in [1.807, 2.05) is 19.1 Å². The molecule has 0 saturated heterocycles. The summed E-state index contributed by atoms with van der Waals surface area (Å²) in [6, 6.07) is 0. The van der Waals surface area contributed by atoms with Gasteiger partial charge in [0.15, 0.2) is 0 Å². The number of rotatable bonds is 8. The maximum Gasteiger partial charge on any atom is 0.305 e. The average Bonchev–Trinajstić information content (AvgIpc) is 2.26. The van der Waals surface area contributed by atoms with E-state index in [4.69, 9.17) is 0 Å². The van der Waals surface area contributed by atoms with E-state index in [-0.39, 0.29) is 5.97 Å². The van der Waals surface area contributed by atoms with Crippen molar-refractivity contribution < 1.29 is 9.53 Å². The van der Waals surface area contributed by atoms with Gasteiger partial charge in [0.05, 0.1) is 7.11 Å². The molecule has 0 aromatic rings. The lowest BCUT2D eigenvalue weighted by atomic mass is 10.1. The molecule has 0 radical (unpaired) electrons. The van der Waals surface area contributed by atoms with Gasteiger partial charge in [0.2, 0.25) is 0 Å². The number of ether oxygens (including phenoxy) is 1. The highest BCUT2D eigenvalue weighted by Crippen LogP contribution is 2.06. The van der Waals surface area contributed by atoms with Crippen LogP contribution in [0.3, 0.4) is 0 Å². The minimum atomic E-state index is -0.0945. The van der Waals surface area contributed by atoms with Gasteiger partial charge in [0, 0.05) is 6.42 Å². The second-order valence-corrected chi connectivity index (χ2v) is 3.48. The van der Waals surface area contributed by atoms with Crippen LogP contribution in [0.4, 0.5) is 0 Å². The molecule has 2 heteroatoms. The fraction of sp³-hybridized carbons (Fsp3) is 0.615. The fourth-order valence-electron chi connectivity index (χ4n) is 1.27. The molecule has 0 rings (SSSR count). The standard InChI is InChI=1S/C13H22O2/c1-3-4-5-6-7-8-9-10-11-12-13(14)15-2/h3-6H,7-12H2,1-2H3. The zero-order valence-electron chi connectivity index (χ0n) is 9.87. The van der Waals surface area contributed by atoms with E-state index in [1.54, 1.807) is 0 Å². The first-order valence-corrected chi connectivity index (χ1v) is 5.66. The summed E-state index contributed by atoms with van der Waals surface area (Å²) in [6.07, 6.45) is 14.5. The van der Waals surface area contributed by atoms with Crippen LogP contribution >= 0.6 is 0 Å². The molecule has 0 saturated carbocycles. The minimum Gasteiger partial charge on any atom is -0.469 e. The Labute approximate surface area is 93.0 Å². The molecular weight excluding hydrogens is 188 g/mol. The van der Waals surface area contributed by atoms with Crippen LogP contribution in [0.5, 0.6) is 0 Å². The minimum absolute atomic E-state index is 0.0945. The van der Waals surface area contributed by atoms with Crippen LogP contribution in [0.25, 0.3) is 0 Å². The van der Waals surface area contributed by atoms with Crippen molar-refractivity contribution in [3.63, 3.8) is 0 Å². The number of methoxy groups -OCH3 is 1. The van der Waals surface area contributed by atoms with Gasteiger partial charge in [-0.1, -0.05) is 37.1 Å². The highest BCUT2D eigenvalue weighted by atomic mass is 16.5. The maximum atomic E-state index is 10.8. The van der Waals surface area contributed by atoms with E-state index in [1.165, 1.54) is 20.0 Å². The lowest BCUT2D eigenvalue weighted by molar-refractivity contribution is -0.140. The van der Waals surface area contributed by atoms with Crippen LogP contribution in [0.2, 0.25) is 0 Å². The lowest BCUT2D eigenvalue weighted by Gasteiger charge is -1.98.